The zero-order valence-corrected chi connectivity index (χ0v) is 12.2. The molecule has 2 rings (SSSR count). The molecule has 0 aromatic carbocycles. The molecule has 0 bridgehead atoms. The second-order valence-electron chi connectivity index (χ2n) is 3.74. The smallest absolute Gasteiger partial charge is 0.330 e. The van der Waals surface area contributed by atoms with Crippen LogP contribution in [-0.4, -0.2) is 13.1 Å². The van der Waals surface area contributed by atoms with Crippen molar-refractivity contribution in [3.05, 3.63) is 21.9 Å². The van der Waals surface area contributed by atoms with E-state index in [2.05, 4.69) is 4.74 Å². The number of anilines is 2. The first kappa shape index (κ1) is 14.1. The molecule has 0 saturated heterocycles. The molecular weight excluding hydrogens is 294 g/mol. The van der Waals surface area contributed by atoms with E-state index in [1.54, 1.807) is 12.2 Å². The Kier molecular flexibility index (Phi) is 4.08. The van der Waals surface area contributed by atoms with Crippen LogP contribution in [-0.2, 0) is 9.53 Å². The minimum Gasteiger partial charge on any atom is -0.466 e. The molecule has 0 radical (unpaired) electrons. The van der Waals surface area contributed by atoms with Crippen molar-refractivity contribution in [2.24, 2.45) is 0 Å². The maximum absolute atomic E-state index is 11.1. The van der Waals surface area contributed by atoms with Crippen molar-refractivity contribution in [3.8, 4) is 6.07 Å². The van der Waals surface area contributed by atoms with E-state index in [0.717, 1.165) is 19.2 Å². The Morgan fingerprint density at radius 1 is 1.25 bits per heavy atom. The third kappa shape index (κ3) is 2.52. The minimum atomic E-state index is -0.438. The molecule has 0 aliphatic carbocycles. The topological polar surface area (TPSA) is 102 Å². The highest BCUT2D eigenvalue weighted by Gasteiger charge is 2.15. The van der Waals surface area contributed by atoms with Crippen molar-refractivity contribution in [2.45, 2.75) is 0 Å². The summed E-state index contributed by atoms with van der Waals surface area (Å²) in [7, 11) is 1.31. The first-order valence-corrected chi connectivity index (χ1v) is 7.14. The number of hydrogen-bond donors (Lipinski definition) is 2. The quantitative estimate of drug-likeness (QED) is 0.515. The molecule has 0 saturated carbocycles. The highest BCUT2D eigenvalue weighted by Crippen LogP contribution is 2.45. The first-order valence-electron chi connectivity index (χ1n) is 5.51. The second kappa shape index (κ2) is 5.77. The number of esters is 1. The molecule has 0 atom stereocenters. The summed E-state index contributed by atoms with van der Waals surface area (Å²) >= 11 is 2.91. The Morgan fingerprint density at radius 2 is 1.85 bits per heavy atom. The van der Waals surface area contributed by atoms with Gasteiger partial charge in [-0.1, -0.05) is 0 Å². The van der Waals surface area contributed by atoms with Crippen molar-refractivity contribution < 1.29 is 9.53 Å². The number of ether oxygens (including phenoxy) is 1. The zero-order chi connectivity index (χ0) is 14.7. The highest BCUT2D eigenvalue weighted by molar-refractivity contribution is 7.39. The first-order chi connectivity index (χ1) is 9.58. The summed E-state index contributed by atoms with van der Waals surface area (Å²) in [6, 6.07) is 1.93. The van der Waals surface area contributed by atoms with Crippen molar-refractivity contribution >= 4 is 61.6 Å². The second-order valence-corrected chi connectivity index (χ2v) is 6.10. The van der Waals surface area contributed by atoms with Crippen LogP contribution in [0, 0.1) is 11.3 Å². The minimum absolute atomic E-state index is 0.438. The van der Waals surface area contributed by atoms with E-state index < -0.39 is 5.97 Å². The largest absolute Gasteiger partial charge is 0.466 e. The third-order valence-corrected chi connectivity index (χ3v) is 4.99. The van der Waals surface area contributed by atoms with Gasteiger partial charge in [0.25, 0.3) is 0 Å². The molecule has 0 unspecified atom stereocenters. The van der Waals surface area contributed by atoms with Gasteiger partial charge in [0.05, 0.1) is 43.7 Å². The molecular formula is C13H11N3O2S2. The lowest BCUT2D eigenvalue weighted by atomic mass is 10.2. The van der Waals surface area contributed by atoms with Crippen LogP contribution >= 0.6 is 22.7 Å². The molecule has 4 N–H and O–H groups in total. The molecule has 20 heavy (non-hydrogen) atoms. The molecule has 102 valence electrons. The van der Waals surface area contributed by atoms with E-state index in [0.29, 0.717) is 11.4 Å². The Morgan fingerprint density at radius 3 is 2.35 bits per heavy atom. The lowest BCUT2D eigenvalue weighted by Crippen LogP contribution is -1.93. The molecule has 7 heteroatoms. The van der Waals surface area contributed by atoms with E-state index >= 15 is 0 Å². The Bertz CT molecular complexity index is 763. The van der Waals surface area contributed by atoms with E-state index in [1.165, 1.54) is 41.9 Å². The molecule has 0 aliphatic heterocycles. The van der Waals surface area contributed by atoms with Crippen molar-refractivity contribution in [1.29, 1.82) is 5.26 Å². The number of methoxy groups -OCH3 is 1. The monoisotopic (exact) mass is 305 g/mol. The molecule has 2 heterocycles. The predicted molar refractivity (Wildman–Crippen MR) is 84.2 cm³/mol. The summed E-state index contributed by atoms with van der Waals surface area (Å²) in [5.41, 5.74) is 13.2. The Labute approximate surface area is 123 Å². The van der Waals surface area contributed by atoms with Crippen LogP contribution in [0.2, 0.25) is 0 Å². The van der Waals surface area contributed by atoms with Crippen LogP contribution in [0.3, 0.4) is 0 Å². The summed E-state index contributed by atoms with van der Waals surface area (Å²) in [6.45, 7) is 0. The van der Waals surface area contributed by atoms with Crippen molar-refractivity contribution in [2.75, 3.05) is 18.6 Å². The SMILES string of the molecule is COC(=O)/C=C/c1sc2sc(/C=C/C#N)c(N)c2c1N. The third-order valence-electron chi connectivity index (χ3n) is 2.56. The van der Waals surface area contributed by atoms with Gasteiger partial charge in [-0.2, -0.15) is 5.26 Å². The van der Waals surface area contributed by atoms with Gasteiger partial charge in [0.15, 0.2) is 0 Å². The van der Waals surface area contributed by atoms with Gasteiger partial charge in [-0.15, -0.1) is 22.7 Å². The fraction of sp³-hybridized carbons (Fsp3) is 0.0769. The normalized spacial score (nSPS) is 11.4. The molecule has 2 aromatic rings. The predicted octanol–water partition coefficient (Wildman–Crippen LogP) is 2.85. The van der Waals surface area contributed by atoms with Gasteiger partial charge in [0, 0.05) is 12.2 Å². The number of carbonyl (C=O) groups excluding carboxylic acids is 1. The molecule has 0 fully saturated rings. The number of nitrogens with zero attached hydrogens (tertiary/aromatic N) is 1. The number of rotatable bonds is 3. The summed E-state index contributed by atoms with van der Waals surface area (Å²) in [5, 5.41) is 9.32. The fourth-order valence-electron chi connectivity index (χ4n) is 1.62. The average Bonchev–Trinajstić information content (AvgIpc) is 2.92. The van der Waals surface area contributed by atoms with E-state index in [1.807, 2.05) is 6.07 Å². The fourth-order valence-corrected chi connectivity index (χ4v) is 4.06. The van der Waals surface area contributed by atoms with E-state index in [-0.39, 0.29) is 0 Å². The zero-order valence-electron chi connectivity index (χ0n) is 10.5. The van der Waals surface area contributed by atoms with Crippen LogP contribution in [0.4, 0.5) is 11.4 Å². The van der Waals surface area contributed by atoms with Gasteiger partial charge < -0.3 is 16.2 Å². The maximum Gasteiger partial charge on any atom is 0.330 e. The average molecular weight is 305 g/mol. The van der Waals surface area contributed by atoms with Crippen LogP contribution in [0.1, 0.15) is 9.75 Å². The summed E-state index contributed by atoms with van der Waals surface area (Å²) in [5.74, 6) is -0.438. The Hall–Kier alpha value is -2.30. The highest BCUT2D eigenvalue weighted by atomic mass is 32.2. The van der Waals surface area contributed by atoms with Gasteiger partial charge >= 0.3 is 5.97 Å². The number of nitrogen functional groups attached to an aromatic ring is 2. The van der Waals surface area contributed by atoms with Crippen LogP contribution in [0.5, 0.6) is 0 Å². The summed E-state index contributed by atoms with van der Waals surface area (Å²) in [4.78, 5) is 12.7. The lowest BCUT2D eigenvalue weighted by molar-refractivity contribution is -0.134. The molecule has 0 amide bonds. The van der Waals surface area contributed by atoms with Gasteiger partial charge in [-0.3, -0.25) is 0 Å². The van der Waals surface area contributed by atoms with Crippen LogP contribution < -0.4 is 11.5 Å². The molecule has 0 spiro atoms. The number of thiophene rings is 2. The lowest BCUT2D eigenvalue weighted by Gasteiger charge is -1.95. The van der Waals surface area contributed by atoms with E-state index in [9.17, 15) is 4.79 Å². The molecule has 0 aliphatic rings. The van der Waals surface area contributed by atoms with Crippen LogP contribution in [0.25, 0.3) is 21.6 Å². The number of hydrogen-bond acceptors (Lipinski definition) is 7. The summed E-state index contributed by atoms with van der Waals surface area (Å²) in [6.07, 6.45) is 5.97. The number of allylic oxidation sites excluding steroid dienone is 1. The van der Waals surface area contributed by atoms with Crippen molar-refractivity contribution in [3.63, 3.8) is 0 Å². The summed E-state index contributed by atoms with van der Waals surface area (Å²) < 4.78 is 5.49. The molecule has 2 aromatic heterocycles. The van der Waals surface area contributed by atoms with Gasteiger partial charge in [0.1, 0.15) is 0 Å². The van der Waals surface area contributed by atoms with Gasteiger partial charge in [-0.05, 0) is 12.2 Å². The maximum atomic E-state index is 11.1. The number of fused-ring (bicyclic) bond motifs is 1. The van der Waals surface area contributed by atoms with E-state index in [4.69, 9.17) is 16.7 Å². The molecule has 5 nitrogen and oxygen atoms in total. The Balaban J connectivity index is 2.46. The van der Waals surface area contributed by atoms with Gasteiger partial charge in [0.2, 0.25) is 0 Å². The van der Waals surface area contributed by atoms with Gasteiger partial charge in [-0.25, -0.2) is 4.79 Å². The van der Waals surface area contributed by atoms with Crippen LogP contribution in [0.15, 0.2) is 12.2 Å². The van der Waals surface area contributed by atoms with Crippen molar-refractivity contribution in [1.82, 2.24) is 0 Å². The number of nitriles is 1. The number of carbonyl (C=O) groups is 1. The standard InChI is InChI=1S/C13H11N3O2S2/c1-18-9(17)5-4-8-12(16)10-11(15)7(3-2-6-14)19-13(10)20-8/h2-5H,15-16H2,1H3/b3-2+,5-4+. The number of nitrogens with two attached hydrogens (primary N) is 2.